The van der Waals surface area contributed by atoms with Crippen LogP contribution in [0.4, 0.5) is 0 Å². The van der Waals surface area contributed by atoms with E-state index in [-0.39, 0.29) is 13.2 Å². The summed E-state index contributed by atoms with van der Waals surface area (Å²) in [6.07, 6.45) is 5.27. The molecule has 1 rings (SSSR count). The monoisotopic (exact) mass is 436 g/mol. The molecule has 0 spiro atoms. The first-order chi connectivity index (χ1) is 13.3. The van der Waals surface area contributed by atoms with Crippen molar-refractivity contribution < 1.29 is 19.1 Å². The maximum Gasteiger partial charge on any atom is 0.330 e. The second-order valence-corrected chi connectivity index (χ2v) is 7.87. The van der Waals surface area contributed by atoms with Crippen molar-refractivity contribution in [2.75, 3.05) is 19.5 Å². The summed E-state index contributed by atoms with van der Waals surface area (Å²) in [5.74, 6) is -0.926. The first-order valence-corrected chi connectivity index (χ1v) is 10.6. The Morgan fingerprint density at radius 1 is 1.04 bits per heavy atom. The third kappa shape index (κ3) is 6.65. The standard InChI is InChI=1S/C21H24O4S3/c1-6-18(22)24-10-8-15-12-17(13(3)26)20(14(4)27)16(21(15)28-5)9-11-25-19(23)7-2/h6-7,12H,1-2,8-11H2,3-5H3. The number of carbonyl (C=O) groups is 2. The predicted octanol–water partition coefficient (Wildman–Crippen LogP) is 4.43. The molecule has 7 heteroatoms. The fraction of sp³-hybridized carbons (Fsp3) is 0.333. The molecular formula is C21H24O4S3. The van der Waals surface area contributed by atoms with Crippen molar-refractivity contribution in [1.29, 1.82) is 0 Å². The molecule has 0 bridgehead atoms. The second kappa shape index (κ2) is 11.9. The van der Waals surface area contributed by atoms with Gasteiger partial charge in [-0.2, -0.15) is 0 Å². The molecule has 28 heavy (non-hydrogen) atoms. The van der Waals surface area contributed by atoms with E-state index in [0.29, 0.717) is 12.8 Å². The van der Waals surface area contributed by atoms with Gasteiger partial charge in [0.2, 0.25) is 0 Å². The minimum atomic E-state index is -0.468. The average Bonchev–Trinajstić information content (AvgIpc) is 2.66. The molecular weight excluding hydrogens is 412 g/mol. The first-order valence-electron chi connectivity index (χ1n) is 8.59. The highest BCUT2D eigenvalue weighted by Gasteiger charge is 2.20. The van der Waals surface area contributed by atoms with Crippen molar-refractivity contribution in [3.05, 3.63) is 53.6 Å². The van der Waals surface area contributed by atoms with Crippen LogP contribution in [0, 0.1) is 0 Å². The Morgan fingerprint density at radius 3 is 2.00 bits per heavy atom. The Kier molecular flexibility index (Phi) is 10.3. The number of thiocarbonyl (C=S) groups is 2. The van der Waals surface area contributed by atoms with Gasteiger partial charge in [0.25, 0.3) is 0 Å². The van der Waals surface area contributed by atoms with Gasteiger partial charge in [-0.15, -0.1) is 11.8 Å². The van der Waals surface area contributed by atoms with Crippen molar-refractivity contribution in [2.45, 2.75) is 31.6 Å². The lowest BCUT2D eigenvalue weighted by Gasteiger charge is -2.21. The van der Waals surface area contributed by atoms with Gasteiger partial charge in [0.1, 0.15) is 0 Å². The van der Waals surface area contributed by atoms with Gasteiger partial charge in [-0.25, -0.2) is 9.59 Å². The van der Waals surface area contributed by atoms with Gasteiger partial charge in [-0.05, 0) is 42.9 Å². The summed E-state index contributed by atoms with van der Waals surface area (Å²) in [6, 6.07) is 2.01. The Labute approximate surface area is 181 Å². The van der Waals surface area contributed by atoms with Crippen molar-refractivity contribution >= 4 is 57.9 Å². The molecule has 0 unspecified atom stereocenters. The van der Waals surface area contributed by atoms with Crippen LogP contribution in [0.15, 0.2) is 36.3 Å². The van der Waals surface area contributed by atoms with Crippen LogP contribution in [0.5, 0.6) is 0 Å². The smallest absolute Gasteiger partial charge is 0.330 e. The molecule has 0 fully saturated rings. The quantitative estimate of drug-likeness (QED) is 0.167. The molecule has 0 aliphatic rings. The molecule has 0 atom stereocenters. The van der Waals surface area contributed by atoms with Crippen LogP contribution >= 0.6 is 36.2 Å². The SMILES string of the molecule is C=CC(=O)OCCc1cc(C(C)=S)c(C(C)=S)c(CCOC(=O)C=C)c1SC. The summed E-state index contributed by atoms with van der Waals surface area (Å²) in [4.78, 5) is 25.2. The van der Waals surface area contributed by atoms with Crippen LogP contribution in [-0.2, 0) is 31.9 Å². The molecule has 1 aromatic rings. The number of carbonyl (C=O) groups excluding carboxylic acids is 2. The highest BCUT2D eigenvalue weighted by atomic mass is 32.2. The zero-order valence-corrected chi connectivity index (χ0v) is 18.8. The van der Waals surface area contributed by atoms with Crippen LogP contribution in [-0.4, -0.2) is 41.1 Å². The van der Waals surface area contributed by atoms with Crippen molar-refractivity contribution in [3.63, 3.8) is 0 Å². The van der Waals surface area contributed by atoms with Crippen LogP contribution < -0.4 is 0 Å². The number of esters is 2. The van der Waals surface area contributed by atoms with Gasteiger partial charge in [-0.1, -0.05) is 37.6 Å². The van der Waals surface area contributed by atoms with E-state index in [9.17, 15) is 9.59 Å². The molecule has 150 valence electrons. The molecule has 4 nitrogen and oxygen atoms in total. The third-order valence-electron chi connectivity index (χ3n) is 3.94. The Balaban J connectivity index is 3.39. The van der Waals surface area contributed by atoms with Gasteiger partial charge in [0, 0.05) is 45.2 Å². The van der Waals surface area contributed by atoms with Crippen molar-refractivity contribution in [1.82, 2.24) is 0 Å². The van der Waals surface area contributed by atoms with Crippen molar-refractivity contribution in [2.24, 2.45) is 0 Å². The molecule has 0 heterocycles. The summed E-state index contributed by atoms with van der Waals surface area (Å²) < 4.78 is 10.3. The van der Waals surface area contributed by atoms with Crippen molar-refractivity contribution in [3.8, 4) is 0 Å². The fourth-order valence-corrected chi connectivity index (χ4v) is 4.04. The molecule has 0 amide bonds. The maximum absolute atomic E-state index is 11.4. The van der Waals surface area contributed by atoms with Crippen LogP contribution in [0.2, 0.25) is 0 Å². The molecule has 0 radical (unpaired) electrons. The molecule has 1 aromatic carbocycles. The van der Waals surface area contributed by atoms with E-state index in [0.717, 1.165) is 49.0 Å². The van der Waals surface area contributed by atoms with E-state index in [1.165, 1.54) is 0 Å². The van der Waals surface area contributed by atoms with Crippen LogP contribution in [0.25, 0.3) is 0 Å². The number of benzene rings is 1. The summed E-state index contributed by atoms with van der Waals surface area (Å²) in [7, 11) is 0. The zero-order valence-electron chi connectivity index (χ0n) is 16.3. The second-order valence-electron chi connectivity index (χ2n) is 5.83. The largest absolute Gasteiger partial charge is 0.462 e. The van der Waals surface area contributed by atoms with E-state index in [1.807, 2.05) is 26.2 Å². The van der Waals surface area contributed by atoms with Gasteiger partial charge in [0.15, 0.2) is 0 Å². The lowest BCUT2D eigenvalue weighted by molar-refractivity contribution is -0.138. The number of ether oxygens (including phenoxy) is 2. The molecule has 0 aliphatic heterocycles. The first kappa shape index (κ1) is 24.2. The average molecular weight is 437 g/mol. The minimum Gasteiger partial charge on any atom is -0.462 e. The maximum atomic E-state index is 11.4. The van der Waals surface area contributed by atoms with E-state index < -0.39 is 11.9 Å². The Morgan fingerprint density at radius 2 is 1.57 bits per heavy atom. The topological polar surface area (TPSA) is 52.6 Å². The summed E-state index contributed by atoms with van der Waals surface area (Å²) in [5.41, 5.74) is 3.79. The van der Waals surface area contributed by atoms with Crippen LogP contribution in [0.3, 0.4) is 0 Å². The summed E-state index contributed by atoms with van der Waals surface area (Å²) in [6.45, 7) is 11.0. The normalized spacial score (nSPS) is 10.1. The number of thioether (sulfide) groups is 1. The Hall–Kier alpha value is -1.83. The lowest BCUT2D eigenvalue weighted by atomic mass is 9.91. The molecule has 0 aromatic heterocycles. The van der Waals surface area contributed by atoms with Gasteiger partial charge < -0.3 is 9.47 Å². The highest BCUT2D eigenvalue weighted by molar-refractivity contribution is 7.98. The number of hydrogen-bond donors (Lipinski definition) is 0. The van der Waals surface area contributed by atoms with Crippen LogP contribution in [0.1, 0.15) is 36.1 Å². The Bertz CT molecular complexity index is 812. The fourth-order valence-electron chi connectivity index (χ4n) is 2.77. The van der Waals surface area contributed by atoms with E-state index in [4.69, 9.17) is 33.9 Å². The van der Waals surface area contributed by atoms with Gasteiger partial charge >= 0.3 is 11.9 Å². The van der Waals surface area contributed by atoms with E-state index in [1.54, 1.807) is 11.8 Å². The molecule has 0 N–H and O–H groups in total. The molecule has 0 aliphatic carbocycles. The molecule has 0 saturated heterocycles. The van der Waals surface area contributed by atoms with Gasteiger partial charge in [0.05, 0.1) is 13.2 Å². The lowest BCUT2D eigenvalue weighted by Crippen LogP contribution is -2.15. The van der Waals surface area contributed by atoms with Gasteiger partial charge in [-0.3, -0.25) is 0 Å². The third-order valence-corrected chi connectivity index (χ3v) is 5.28. The number of rotatable bonds is 11. The number of hydrogen-bond acceptors (Lipinski definition) is 7. The predicted molar refractivity (Wildman–Crippen MR) is 123 cm³/mol. The highest BCUT2D eigenvalue weighted by Crippen LogP contribution is 2.33. The molecule has 0 saturated carbocycles. The van der Waals surface area contributed by atoms with E-state index >= 15 is 0 Å². The summed E-state index contributed by atoms with van der Waals surface area (Å²) in [5, 5.41) is 0. The zero-order chi connectivity index (χ0) is 21.3. The summed E-state index contributed by atoms with van der Waals surface area (Å²) >= 11 is 12.5. The minimum absolute atomic E-state index is 0.207. The van der Waals surface area contributed by atoms with E-state index in [2.05, 4.69) is 13.2 Å².